The van der Waals surface area contributed by atoms with Gasteiger partial charge in [0.15, 0.2) is 0 Å². The van der Waals surface area contributed by atoms with Crippen molar-refractivity contribution < 1.29 is 22.7 Å². The Labute approximate surface area is 68.7 Å². The third-order valence-electron chi connectivity index (χ3n) is 1.10. The van der Waals surface area contributed by atoms with Crippen LogP contribution in [0.2, 0.25) is 0 Å². The standard InChI is InChI=1S/C7H11F3O2/c1-5(2)12-4-3-6(11)7(8,9)10/h5H,3-4H2,1-2H3. The van der Waals surface area contributed by atoms with Crippen LogP contribution in [0.5, 0.6) is 0 Å². The summed E-state index contributed by atoms with van der Waals surface area (Å²) in [6.45, 7) is 3.21. The minimum absolute atomic E-state index is 0.147. The van der Waals surface area contributed by atoms with Gasteiger partial charge in [-0.15, -0.1) is 0 Å². The summed E-state index contributed by atoms with van der Waals surface area (Å²) in [5.41, 5.74) is 0. The fourth-order valence-corrected chi connectivity index (χ4v) is 0.529. The number of alkyl halides is 3. The van der Waals surface area contributed by atoms with E-state index in [0.29, 0.717) is 0 Å². The summed E-state index contributed by atoms with van der Waals surface area (Å²) in [6, 6.07) is 0. The van der Waals surface area contributed by atoms with Gasteiger partial charge in [0.2, 0.25) is 5.78 Å². The van der Waals surface area contributed by atoms with E-state index in [1.54, 1.807) is 13.8 Å². The highest BCUT2D eigenvalue weighted by Crippen LogP contribution is 2.17. The molecule has 0 rings (SSSR count). The van der Waals surface area contributed by atoms with Crippen LogP contribution in [0.25, 0.3) is 0 Å². The molecule has 0 aliphatic heterocycles. The van der Waals surface area contributed by atoms with Gasteiger partial charge in [0.25, 0.3) is 0 Å². The summed E-state index contributed by atoms with van der Waals surface area (Å²) in [5.74, 6) is -1.73. The lowest BCUT2D eigenvalue weighted by Gasteiger charge is -2.07. The van der Waals surface area contributed by atoms with Crippen molar-refractivity contribution in [2.75, 3.05) is 6.61 Å². The number of ketones is 1. The number of ether oxygens (including phenoxy) is 1. The number of halogens is 3. The second-order valence-corrected chi connectivity index (χ2v) is 2.59. The van der Waals surface area contributed by atoms with Crippen molar-refractivity contribution in [1.82, 2.24) is 0 Å². The van der Waals surface area contributed by atoms with E-state index >= 15 is 0 Å². The molecule has 0 unspecified atom stereocenters. The van der Waals surface area contributed by atoms with Gasteiger partial charge < -0.3 is 4.74 Å². The summed E-state index contributed by atoms with van der Waals surface area (Å²) in [7, 11) is 0. The van der Waals surface area contributed by atoms with Crippen molar-refractivity contribution in [2.24, 2.45) is 0 Å². The lowest BCUT2D eigenvalue weighted by atomic mass is 10.3. The average Bonchev–Trinajstić information content (AvgIpc) is 1.84. The number of hydrogen-bond acceptors (Lipinski definition) is 2. The molecule has 0 radical (unpaired) electrons. The molecule has 0 aromatic heterocycles. The number of Topliss-reactive ketones (excluding diaryl/α,β-unsaturated/α-hetero) is 1. The highest BCUT2D eigenvalue weighted by Gasteiger charge is 2.37. The largest absolute Gasteiger partial charge is 0.450 e. The Bertz CT molecular complexity index is 151. The summed E-state index contributed by atoms with van der Waals surface area (Å²) >= 11 is 0. The third-order valence-corrected chi connectivity index (χ3v) is 1.10. The first-order valence-corrected chi connectivity index (χ1v) is 3.55. The zero-order valence-electron chi connectivity index (χ0n) is 6.94. The molecule has 0 aromatic carbocycles. The van der Waals surface area contributed by atoms with Crippen LogP contribution in [0, 0.1) is 0 Å². The lowest BCUT2D eigenvalue weighted by molar-refractivity contribution is -0.172. The van der Waals surface area contributed by atoms with Gasteiger partial charge in [0, 0.05) is 6.42 Å². The molecule has 12 heavy (non-hydrogen) atoms. The van der Waals surface area contributed by atoms with Crippen LogP contribution in [0.3, 0.4) is 0 Å². The first kappa shape index (κ1) is 11.4. The molecule has 0 aliphatic rings. The van der Waals surface area contributed by atoms with Crippen LogP contribution in [0.15, 0.2) is 0 Å². The first-order valence-electron chi connectivity index (χ1n) is 3.55. The minimum atomic E-state index is -4.72. The van der Waals surface area contributed by atoms with E-state index in [2.05, 4.69) is 0 Å². The van der Waals surface area contributed by atoms with E-state index < -0.39 is 18.4 Å². The molecular weight excluding hydrogens is 173 g/mol. The van der Waals surface area contributed by atoms with E-state index in [0.717, 1.165) is 0 Å². The summed E-state index contributed by atoms with van der Waals surface area (Å²) in [6.07, 6.45) is -5.46. The highest BCUT2D eigenvalue weighted by atomic mass is 19.4. The van der Waals surface area contributed by atoms with E-state index in [1.807, 2.05) is 0 Å². The number of carbonyl (C=O) groups is 1. The van der Waals surface area contributed by atoms with Gasteiger partial charge in [0.1, 0.15) is 0 Å². The molecule has 0 N–H and O–H groups in total. The Kier molecular flexibility index (Phi) is 4.23. The third kappa shape index (κ3) is 5.12. The van der Waals surface area contributed by atoms with Crippen LogP contribution < -0.4 is 0 Å². The average molecular weight is 184 g/mol. The molecule has 72 valence electrons. The maximum absolute atomic E-state index is 11.6. The van der Waals surface area contributed by atoms with Crippen LogP contribution in [-0.4, -0.2) is 24.7 Å². The van der Waals surface area contributed by atoms with Crippen molar-refractivity contribution >= 4 is 5.78 Å². The monoisotopic (exact) mass is 184 g/mol. The van der Waals surface area contributed by atoms with Crippen molar-refractivity contribution in [1.29, 1.82) is 0 Å². The first-order chi connectivity index (χ1) is 5.34. The molecule has 0 aromatic rings. The zero-order valence-corrected chi connectivity index (χ0v) is 6.94. The van der Waals surface area contributed by atoms with Gasteiger partial charge in [0.05, 0.1) is 12.7 Å². The van der Waals surface area contributed by atoms with Gasteiger partial charge in [-0.25, -0.2) is 0 Å². The summed E-state index contributed by atoms with van der Waals surface area (Å²) < 4.78 is 39.5. The topological polar surface area (TPSA) is 26.3 Å². The van der Waals surface area contributed by atoms with Crippen LogP contribution in [0.4, 0.5) is 13.2 Å². The van der Waals surface area contributed by atoms with Crippen molar-refractivity contribution in [3.63, 3.8) is 0 Å². The van der Waals surface area contributed by atoms with Crippen molar-refractivity contribution in [3.05, 3.63) is 0 Å². The maximum Gasteiger partial charge on any atom is 0.450 e. The molecule has 5 heteroatoms. The van der Waals surface area contributed by atoms with Crippen LogP contribution in [0.1, 0.15) is 20.3 Å². The normalized spacial score (nSPS) is 12.2. The van der Waals surface area contributed by atoms with Crippen molar-refractivity contribution in [3.8, 4) is 0 Å². The van der Waals surface area contributed by atoms with E-state index in [9.17, 15) is 18.0 Å². The predicted octanol–water partition coefficient (Wildman–Crippen LogP) is 1.93. The fourth-order valence-electron chi connectivity index (χ4n) is 0.529. The molecule has 0 saturated heterocycles. The Morgan fingerprint density at radius 3 is 2.25 bits per heavy atom. The Hall–Kier alpha value is -0.580. The van der Waals surface area contributed by atoms with Crippen molar-refractivity contribution in [2.45, 2.75) is 32.5 Å². The molecule has 0 fully saturated rings. The fraction of sp³-hybridized carbons (Fsp3) is 0.857. The molecule has 0 aliphatic carbocycles. The molecular formula is C7H11F3O2. The molecule has 0 amide bonds. The van der Waals surface area contributed by atoms with Gasteiger partial charge in [-0.05, 0) is 13.8 Å². The van der Waals surface area contributed by atoms with Gasteiger partial charge in [-0.2, -0.15) is 13.2 Å². The van der Waals surface area contributed by atoms with E-state index in [-0.39, 0.29) is 12.7 Å². The quantitative estimate of drug-likeness (QED) is 0.667. The number of rotatable bonds is 4. The Morgan fingerprint density at radius 2 is 1.92 bits per heavy atom. The molecule has 0 spiro atoms. The summed E-state index contributed by atoms with van der Waals surface area (Å²) in [5, 5.41) is 0. The predicted molar refractivity (Wildman–Crippen MR) is 36.8 cm³/mol. The van der Waals surface area contributed by atoms with Gasteiger partial charge >= 0.3 is 6.18 Å². The molecule has 0 heterocycles. The van der Waals surface area contributed by atoms with E-state index in [4.69, 9.17) is 4.74 Å². The maximum atomic E-state index is 11.6. The second-order valence-electron chi connectivity index (χ2n) is 2.59. The minimum Gasteiger partial charge on any atom is -0.378 e. The smallest absolute Gasteiger partial charge is 0.378 e. The SMILES string of the molecule is CC(C)OCCC(=O)C(F)(F)F. The molecule has 0 atom stereocenters. The van der Waals surface area contributed by atoms with Gasteiger partial charge in [-0.3, -0.25) is 4.79 Å². The lowest BCUT2D eigenvalue weighted by Crippen LogP contribution is -2.24. The molecule has 0 bridgehead atoms. The highest BCUT2D eigenvalue weighted by molar-refractivity contribution is 5.83. The molecule has 2 nitrogen and oxygen atoms in total. The number of carbonyl (C=O) groups excluding carboxylic acids is 1. The Balaban J connectivity index is 3.59. The second kappa shape index (κ2) is 4.45. The number of hydrogen-bond donors (Lipinski definition) is 0. The van der Waals surface area contributed by atoms with E-state index in [1.165, 1.54) is 0 Å². The summed E-state index contributed by atoms with van der Waals surface area (Å²) in [4.78, 5) is 10.2. The van der Waals surface area contributed by atoms with Crippen LogP contribution >= 0.6 is 0 Å². The van der Waals surface area contributed by atoms with Gasteiger partial charge in [-0.1, -0.05) is 0 Å². The zero-order chi connectivity index (χ0) is 9.78. The molecule has 0 saturated carbocycles. The van der Waals surface area contributed by atoms with Crippen LogP contribution in [-0.2, 0) is 9.53 Å². The Morgan fingerprint density at radius 1 is 1.42 bits per heavy atom.